The van der Waals surface area contributed by atoms with E-state index in [1.165, 1.54) is 18.7 Å². The van der Waals surface area contributed by atoms with Gasteiger partial charge in [-0.1, -0.05) is 35.8 Å². The molecule has 0 atom stereocenters. The number of nitrogens with zero attached hydrogens (tertiary/aromatic N) is 2. The minimum absolute atomic E-state index is 0.578. The van der Waals surface area contributed by atoms with E-state index < -0.39 is 0 Å². The highest BCUT2D eigenvalue weighted by atomic mass is 79.9. The Morgan fingerprint density at radius 2 is 1.75 bits per heavy atom. The van der Waals surface area contributed by atoms with Crippen molar-refractivity contribution in [3.63, 3.8) is 0 Å². The highest BCUT2D eigenvalue weighted by Gasteiger charge is 2.07. The zero-order valence-corrected chi connectivity index (χ0v) is 14.6. The van der Waals surface area contributed by atoms with E-state index in [0.29, 0.717) is 6.54 Å². The first-order valence-corrected chi connectivity index (χ1v) is 8.41. The lowest BCUT2D eigenvalue weighted by Crippen LogP contribution is -2.30. The zero-order chi connectivity index (χ0) is 15.0. The molecule has 0 radical (unpaired) electrons. The Labute approximate surface area is 132 Å². The Bertz CT molecular complexity index is 391. The van der Waals surface area contributed by atoms with Crippen molar-refractivity contribution >= 4 is 21.6 Å². The summed E-state index contributed by atoms with van der Waals surface area (Å²) in [4.78, 5) is 4.90. The van der Waals surface area contributed by atoms with Crippen LogP contribution in [0.1, 0.15) is 32.8 Å². The van der Waals surface area contributed by atoms with Crippen LogP contribution in [0.25, 0.3) is 0 Å². The lowest BCUT2D eigenvalue weighted by molar-refractivity contribution is 0.301. The fourth-order valence-electron chi connectivity index (χ4n) is 2.39. The summed E-state index contributed by atoms with van der Waals surface area (Å²) < 4.78 is 1.11. The molecule has 4 heteroatoms. The molecule has 20 heavy (non-hydrogen) atoms. The van der Waals surface area contributed by atoms with Gasteiger partial charge in [0.2, 0.25) is 0 Å². The lowest BCUT2D eigenvalue weighted by atomic mass is 10.2. The molecule has 1 aromatic rings. The molecule has 1 aromatic carbocycles. The number of nitrogens with two attached hydrogens (primary N) is 1. The molecule has 1 rings (SSSR count). The average molecular weight is 342 g/mol. The van der Waals surface area contributed by atoms with Crippen LogP contribution in [0.5, 0.6) is 0 Å². The van der Waals surface area contributed by atoms with Crippen LogP contribution in [0.4, 0.5) is 5.69 Å². The first kappa shape index (κ1) is 17.5. The molecule has 0 saturated heterocycles. The van der Waals surface area contributed by atoms with Crippen LogP contribution in [-0.4, -0.2) is 37.6 Å². The normalized spacial score (nSPS) is 11.1. The Balaban J connectivity index is 2.59. The highest BCUT2D eigenvalue weighted by molar-refractivity contribution is 9.10. The van der Waals surface area contributed by atoms with E-state index in [1.54, 1.807) is 0 Å². The van der Waals surface area contributed by atoms with Crippen LogP contribution in [0.15, 0.2) is 22.7 Å². The van der Waals surface area contributed by atoms with Crippen molar-refractivity contribution in [3.05, 3.63) is 28.2 Å². The van der Waals surface area contributed by atoms with Gasteiger partial charge < -0.3 is 15.5 Å². The molecule has 0 unspecified atom stereocenters. The second-order valence-electron chi connectivity index (χ2n) is 4.94. The van der Waals surface area contributed by atoms with Crippen LogP contribution in [0.3, 0.4) is 0 Å². The summed E-state index contributed by atoms with van der Waals surface area (Å²) in [6.45, 7) is 12.8. The van der Waals surface area contributed by atoms with Crippen LogP contribution < -0.4 is 10.6 Å². The largest absolute Gasteiger partial charge is 0.372 e. The molecule has 2 N–H and O–H groups in total. The van der Waals surface area contributed by atoms with E-state index in [0.717, 1.165) is 36.2 Å². The summed E-state index contributed by atoms with van der Waals surface area (Å²) in [5.41, 5.74) is 8.14. The second kappa shape index (κ2) is 9.37. The predicted octanol–water partition coefficient (Wildman–Crippen LogP) is 3.47. The number of rotatable bonds is 9. The SMILES string of the molecule is CCN(CC)CCCN(CC)c1ccc(CN)c(Br)c1. The summed E-state index contributed by atoms with van der Waals surface area (Å²) in [5.74, 6) is 0. The monoisotopic (exact) mass is 341 g/mol. The average Bonchev–Trinajstić information content (AvgIpc) is 2.47. The van der Waals surface area contributed by atoms with Gasteiger partial charge in [0.25, 0.3) is 0 Å². The second-order valence-corrected chi connectivity index (χ2v) is 5.79. The van der Waals surface area contributed by atoms with E-state index in [9.17, 15) is 0 Å². The third-order valence-electron chi connectivity index (χ3n) is 3.80. The maximum absolute atomic E-state index is 5.70. The van der Waals surface area contributed by atoms with Crippen LogP contribution >= 0.6 is 15.9 Å². The first-order chi connectivity index (χ1) is 9.65. The fourth-order valence-corrected chi connectivity index (χ4v) is 2.92. The fraction of sp³-hybridized carbons (Fsp3) is 0.625. The van der Waals surface area contributed by atoms with Crippen LogP contribution in [-0.2, 0) is 6.54 Å². The molecular weight excluding hydrogens is 314 g/mol. The molecule has 3 nitrogen and oxygen atoms in total. The minimum atomic E-state index is 0.578. The lowest BCUT2D eigenvalue weighted by Gasteiger charge is -2.26. The van der Waals surface area contributed by atoms with Crippen molar-refractivity contribution < 1.29 is 0 Å². The van der Waals surface area contributed by atoms with Crippen molar-refractivity contribution in [2.75, 3.05) is 37.6 Å². The molecule has 0 aliphatic heterocycles. The van der Waals surface area contributed by atoms with Gasteiger partial charge in [-0.25, -0.2) is 0 Å². The molecule has 0 bridgehead atoms. The molecule has 0 fully saturated rings. The standard InChI is InChI=1S/C16H28BrN3/c1-4-19(5-2)10-7-11-20(6-3)15-9-8-14(13-18)16(17)12-15/h8-9,12H,4-7,10-11,13,18H2,1-3H3. The topological polar surface area (TPSA) is 32.5 Å². The van der Waals surface area contributed by atoms with Crippen molar-refractivity contribution in [2.24, 2.45) is 5.73 Å². The smallest absolute Gasteiger partial charge is 0.0377 e. The highest BCUT2D eigenvalue weighted by Crippen LogP contribution is 2.24. The maximum Gasteiger partial charge on any atom is 0.0377 e. The third-order valence-corrected chi connectivity index (χ3v) is 4.54. The Kier molecular flexibility index (Phi) is 8.19. The summed E-state index contributed by atoms with van der Waals surface area (Å²) >= 11 is 3.60. The predicted molar refractivity (Wildman–Crippen MR) is 92.3 cm³/mol. The van der Waals surface area contributed by atoms with E-state index in [4.69, 9.17) is 5.73 Å². The number of anilines is 1. The number of hydrogen-bond acceptors (Lipinski definition) is 3. The van der Waals surface area contributed by atoms with Crippen LogP contribution in [0.2, 0.25) is 0 Å². The van der Waals surface area contributed by atoms with Gasteiger partial charge in [0.05, 0.1) is 0 Å². The summed E-state index contributed by atoms with van der Waals surface area (Å²) in [6, 6.07) is 6.48. The molecule has 0 aromatic heterocycles. The number of benzene rings is 1. The van der Waals surface area contributed by atoms with Gasteiger partial charge in [0.15, 0.2) is 0 Å². The Morgan fingerprint density at radius 1 is 1.05 bits per heavy atom. The van der Waals surface area contributed by atoms with Gasteiger partial charge in [-0.15, -0.1) is 0 Å². The molecule has 0 saturated carbocycles. The van der Waals surface area contributed by atoms with E-state index >= 15 is 0 Å². The van der Waals surface area contributed by atoms with Crippen molar-refractivity contribution in [3.8, 4) is 0 Å². The third kappa shape index (κ3) is 5.08. The Hall–Kier alpha value is -0.580. The van der Waals surface area contributed by atoms with Gasteiger partial charge in [-0.3, -0.25) is 0 Å². The van der Waals surface area contributed by atoms with E-state index in [-0.39, 0.29) is 0 Å². The molecule has 0 amide bonds. The number of hydrogen-bond donors (Lipinski definition) is 1. The van der Waals surface area contributed by atoms with Gasteiger partial charge in [0, 0.05) is 29.8 Å². The molecule has 0 heterocycles. The van der Waals surface area contributed by atoms with E-state index in [1.807, 2.05) is 0 Å². The molecule has 0 aliphatic carbocycles. The number of halogens is 1. The summed E-state index contributed by atoms with van der Waals surface area (Å²) in [5, 5.41) is 0. The molecular formula is C16H28BrN3. The van der Waals surface area contributed by atoms with Gasteiger partial charge in [-0.05, 0) is 50.7 Å². The molecule has 0 spiro atoms. The first-order valence-electron chi connectivity index (χ1n) is 7.61. The van der Waals surface area contributed by atoms with Crippen molar-refractivity contribution in [2.45, 2.75) is 33.7 Å². The zero-order valence-electron chi connectivity index (χ0n) is 13.0. The maximum atomic E-state index is 5.70. The van der Waals surface area contributed by atoms with Gasteiger partial charge in [0.1, 0.15) is 0 Å². The Morgan fingerprint density at radius 3 is 2.25 bits per heavy atom. The quantitative estimate of drug-likeness (QED) is 0.746. The summed E-state index contributed by atoms with van der Waals surface area (Å²) in [7, 11) is 0. The summed E-state index contributed by atoms with van der Waals surface area (Å²) in [6.07, 6.45) is 1.20. The minimum Gasteiger partial charge on any atom is -0.372 e. The van der Waals surface area contributed by atoms with Crippen molar-refractivity contribution in [1.29, 1.82) is 0 Å². The van der Waals surface area contributed by atoms with Gasteiger partial charge in [-0.2, -0.15) is 0 Å². The van der Waals surface area contributed by atoms with E-state index in [2.05, 4.69) is 64.7 Å². The van der Waals surface area contributed by atoms with Crippen molar-refractivity contribution in [1.82, 2.24) is 4.90 Å². The van der Waals surface area contributed by atoms with Crippen LogP contribution in [0, 0.1) is 0 Å². The molecule has 114 valence electrons. The van der Waals surface area contributed by atoms with Gasteiger partial charge >= 0.3 is 0 Å². The molecule has 0 aliphatic rings.